The number of imide groups is 1. The van der Waals surface area contributed by atoms with Gasteiger partial charge < -0.3 is 15.2 Å². The van der Waals surface area contributed by atoms with Crippen molar-refractivity contribution in [2.24, 2.45) is 5.92 Å². The number of amides is 4. The Morgan fingerprint density at radius 2 is 1.97 bits per heavy atom. The fourth-order valence-electron chi connectivity index (χ4n) is 4.86. The molecule has 2 fully saturated rings. The van der Waals surface area contributed by atoms with Crippen molar-refractivity contribution in [2.45, 2.75) is 78.3 Å². The molecule has 4 amide bonds. The molecule has 4 rings (SSSR count). The molecule has 2 N–H and O–H groups in total. The second-order valence-electron chi connectivity index (χ2n) is 9.67. The summed E-state index contributed by atoms with van der Waals surface area (Å²) in [5.74, 6) is -0.0704. The van der Waals surface area contributed by atoms with Gasteiger partial charge in [-0.25, -0.2) is 9.78 Å². The zero-order chi connectivity index (χ0) is 23.8. The van der Waals surface area contributed by atoms with Crippen LogP contribution >= 0.6 is 11.3 Å². The number of carbonyl (C=O) groups excluding carboxylic acids is 3. The molecule has 178 valence electrons. The number of nitrogens with zero attached hydrogens (tertiary/aromatic N) is 3. The molecule has 1 saturated carbocycles. The van der Waals surface area contributed by atoms with Crippen LogP contribution in [0.2, 0.25) is 0 Å². The van der Waals surface area contributed by atoms with Crippen LogP contribution in [0.1, 0.15) is 63.8 Å². The minimum Gasteiger partial charge on any atom is -0.348 e. The largest absolute Gasteiger partial charge is 0.348 e. The average molecular weight is 472 g/mol. The monoisotopic (exact) mass is 471 g/mol. The molecule has 0 aromatic carbocycles. The van der Waals surface area contributed by atoms with Gasteiger partial charge in [0.1, 0.15) is 12.1 Å². The molecule has 3 heterocycles. The van der Waals surface area contributed by atoms with Gasteiger partial charge in [-0.15, -0.1) is 11.3 Å². The van der Waals surface area contributed by atoms with E-state index in [1.807, 2.05) is 5.38 Å². The van der Waals surface area contributed by atoms with Crippen LogP contribution in [0.25, 0.3) is 11.3 Å². The molecule has 8 nitrogen and oxygen atoms in total. The Balaban J connectivity index is 1.41. The van der Waals surface area contributed by atoms with Crippen molar-refractivity contribution >= 4 is 34.3 Å². The predicted octanol–water partition coefficient (Wildman–Crippen LogP) is 4.47. The number of urea groups is 1. The summed E-state index contributed by atoms with van der Waals surface area (Å²) in [5, 5.41) is 7.98. The number of aromatic nitrogens is 2. The Labute approximate surface area is 198 Å². The number of rotatable bonds is 7. The van der Waals surface area contributed by atoms with Crippen LogP contribution in [0, 0.1) is 19.8 Å². The first-order valence-electron chi connectivity index (χ1n) is 11.8. The third-order valence-electron chi connectivity index (χ3n) is 6.78. The van der Waals surface area contributed by atoms with Crippen molar-refractivity contribution < 1.29 is 14.4 Å². The summed E-state index contributed by atoms with van der Waals surface area (Å²) in [5.41, 5.74) is 3.41. The van der Waals surface area contributed by atoms with Crippen LogP contribution in [-0.2, 0) is 16.1 Å². The highest BCUT2D eigenvalue weighted by molar-refractivity contribution is 7.14. The van der Waals surface area contributed by atoms with Gasteiger partial charge in [0.05, 0.1) is 5.69 Å². The maximum absolute atomic E-state index is 12.9. The lowest BCUT2D eigenvalue weighted by molar-refractivity contribution is -0.134. The van der Waals surface area contributed by atoms with Gasteiger partial charge in [0, 0.05) is 28.9 Å². The number of anilines is 1. The standard InChI is InChI=1S/C24H33N5O3S/c1-15(2)8-11-28-16(3)12-18(17(28)4)19-14-33-22(25-19)26-20(30)13-29-21(31)24(27-23(29)32)9-6-5-7-10-24/h12,14-15H,5-11,13H2,1-4H3,(H,27,32)(H,25,26,30). The zero-order valence-electron chi connectivity index (χ0n) is 19.9. The third kappa shape index (κ3) is 4.69. The summed E-state index contributed by atoms with van der Waals surface area (Å²) in [6.07, 6.45) is 5.27. The van der Waals surface area contributed by atoms with E-state index < -0.39 is 17.5 Å². The van der Waals surface area contributed by atoms with Crippen LogP contribution in [-0.4, -0.2) is 44.4 Å². The highest BCUT2D eigenvalue weighted by atomic mass is 32.1. The number of nitrogens with one attached hydrogen (secondary N) is 2. The summed E-state index contributed by atoms with van der Waals surface area (Å²) in [4.78, 5) is 43.5. The third-order valence-corrected chi connectivity index (χ3v) is 7.54. The molecule has 9 heteroatoms. The number of aryl methyl sites for hydroxylation is 1. The van der Waals surface area contributed by atoms with E-state index in [2.05, 4.69) is 53.9 Å². The van der Waals surface area contributed by atoms with Crippen LogP contribution in [0.3, 0.4) is 0 Å². The van der Waals surface area contributed by atoms with E-state index in [4.69, 9.17) is 0 Å². The molecule has 0 bridgehead atoms. The number of hydrogen-bond donors (Lipinski definition) is 2. The van der Waals surface area contributed by atoms with Gasteiger partial charge in [0.2, 0.25) is 5.91 Å². The molecule has 1 saturated heterocycles. The van der Waals surface area contributed by atoms with Crippen LogP contribution in [0.5, 0.6) is 0 Å². The molecule has 1 spiro atoms. The Morgan fingerprint density at radius 3 is 2.67 bits per heavy atom. The van der Waals surface area contributed by atoms with E-state index in [9.17, 15) is 14.4 Å². The van der Waals surface area contributed by atoms with Crippen molar-refractivity contribution in [3.8, 4) is 11.3 Å². The lowest BCUT2D eigenvalue weighted by atomic mass is 9.82. The van der Waals surface area contributed by atoms with Gasteiger partial charge in [0.15, 0.2) is 5.13 Å². The molecular formula is C24H33N5O3S. The second kappa shape index (κ2) is 9.29. The predicted molar refractivity (Wildman–Crippen MR) is 129 cm³/mol. The molecule has 2 aliphatic rings. The van der Waals surface area contributed by atoms with Crippen molar-refractivity contribution in [1.29, 1.82) is 0 Å². The highest BCUT2D eigenvalue weighted by Gasteiger charge is 2.51. The fourth-order valence-corrected chi connectivity index (χ4v) is 5.59. The van der Waals surface area contributed by atoms with Crippen LogP contribution in [0.15, 0.2) is 11.4 Å². The zero-order valence-corrected chi connectivity index (χ0v) is 20.7. The summed E-state index contributed by atoms with van der Waals surface area (Å²) >= 11 is 1.34. The number of thiazole rings is 1. The van der Waals surface area contributed by atoms with Crippen molar-refractivity contribution in [1.82, 2.24) is 19.8 Å². The van der Waals surface area contributed by atoms with Gasteiger partial charge in [-0.3, -0.25) is 14.5 Å². The summed E-state index contributed by atoms with van der Waals surface area (Å²) in [7, 11) is 0. The SMILES string of the molecule is Cc1cc(-c2csc(NC(=O)CN3C(=O)NC4(CCCCC4)C3=O)n2)c(C)n1CCC(C)C. The summed E-state index contributed by atoms with van der Waals surface area (Å²) in [6, 6.07) is 1.65. The first-order valence-corrected chi connectivity index (χ1v) is 12.6. The molecule has 0 radical (unpaired) electrons. The Bertz CT molecular complexity index is 1060. The van der Waals surface area contributed by atoms with Crippen LogP contribution in [0.4, 0.5) is 9.93 Å². The molecule has 1 aliphatic carbocycles. The van der Waals surface area contributed by atoms with Gasteiger partial charge in [-0.05, 0) is 45.1 Å². The van der Waals surface area contributed by atoms with E-state index in [1.54, 1.807) is 0 Å². The molecule has 2 aromatic heterocycles. The summed E-state index contributed by atoms with van der Waals surface area (Å²) in [6.45, 7) is 9.31. The average Bonchev–Trinajstić information content (AvgIpc) is 3.39. The van der Waals surface area contributed by atoms with Crippen molar-refractivity contribution in [3.63, 3.8) is 0 Å². The normalized spacial score (nSPS) is 17.8. The fraction of sp³-hybridized carbons (Fsp3) is 0.583. The minimum absolute atomic E-state index is 0.281. The first kappa shape index (κ1) is 23.5. The van der Waals surface area contributed by atoms with Gasteiger partial charge in [-0.1, -0.05) is 33.1 Å². The Hall–Kier alpha value is -2.68. The maximum Gasteiger partial charge on any atom is 0.325 e. The Morgan fingerprint density at radius 1 is 1.24 bits per heavy atom. The van der Waals surface area contributed by atoms with E-state index in [1.165, 1.54) is 17.0 Å². The molecule has 0 unspecified atom stereocenters. The Kier molecular flexibility index (Phi) is 6.61. The molecule has 2 aromatic rings. The van der Waals surface area contributed by atoms with E-state index in [0.717, 1.165) is 54.1 Å². The van der Waals surface area contributed by atoms with Gasteiger partial charge >= 0.3 is 6.03 Å². The quantitative estimate of drug-likeness (QED) is 0.583. The van der Waals surface area contributed by atoms with Crippen molar-refractivity contribution in [2.75, 3.05) is 11.9 Å². The van der Waals surface area contributed by atoms with Gasteiger partial charge in [0.25, 0.3) is 5.91 Å². The van der Waals surface area contributed by atoms with E-state index in [-0.39, 0.29) is 12.5 Å². The maximum atomic E-state index is 12.9. The summed E-state index contributed by atoms with van der Waals surface area (Å²) < 4.78 is 2.31. The van der Waals surface area contributed by atoms with E-state index in [0.29, 0.717) is 23.9 Å². The topological polar surface area (TPSA) is 96.3 Å². The molecule has 1 aliphatic heterocycles. The second-order valence-corrected chi connectivity index (χ2v) is 10.5. The molecule has 0 atom stereocenters. The lowest BCUT2D eigenvalue weighted by Crippen LogP contribution is -2.48. The number of carbonyl (C=O) groups is 3. The number of hydrogen-bond acceptors (Lipinski definition) is 5. The molecule has 33 heavy (non-hydrogen) atoms. The first-order chi connectivity index (χ1) is 15.7. The van der Waals surface area contributed by atoms with Crippen LogP contribution < -0.4 is 10.6 Å². The van der Waals surface area contributed by atoms with Crippen molar-refractivity contribution in [3.05, 3.63) is 22.8 Å². The molecular weight excluding hydrogens is 438 g/mol. The smallest absolute Gasteiger partial charge is 0.325 e. The van der Waals surface area contributed by atoms with Gasteiger partial charge in [-0.2, -0.15) is 0 Å². The van der Waals surface area contributed by atoms with E-state index >= 15 is 0 Å². The lowest BCUT2D eigenvalue weighted by Gasteiger charge is -2.30. The minimum atomic E-state index is -0.817. The highest BCUT2D eigenvalue weighted by Crippen LogP contribution is 2.34.